The molecule has 0 spiro atoms. The number of carbonyl (C=O) groups is 2. The molecule has 2 aliphatic rings. The predicted octanol–water partition coefficient (Wildman–Crippen LogP) is 3.18. The Morgan fingerprint density at radius 1 is 1.46 bits per heavy atom. The Balaban J connectivity index is 1.78. The number of amides is 2. The van der Waals surface area contributed by atoms with Crippen molar-refractivity contribution in [2.45, 2.75) is 44.7 Å². The van der Waals surface area contributed by atoms with Crippen LogP contribution in [0.2, 0.25) is 0 Å². The van der Waals surface area contributed by atoms with Crippen LogP contribution in [0.1, 0.15) is 38.2 Å². The number of aliphatic hydroxyl groups excluding tert-OH is 1. The van der Waals surface area contributed by atoms with Crippen molar-refractivity contribution >= 4 is 46.2 Å². The van der Waals surface area contributed by atoms with Gasteiger partial charge in [0, 0.05) is 19.2 Å². The molecule has 2 aliphatic heterocycles. The number of thioether (sulfide) groups is 1. The highest BCUT2D eigenvalue weighted by Gasteiger charge is 2.40. The first-order chi connectivity index (χ1) is 13.4. The van der Waals surface area contributed by atoms with Crippen molar-refractivity contribution in [1.29, 1.82) is 0 Å². The zero-order valence-electron chi connectivity index (χ0n) is 15.6. The van der Waals surface area contributed by atoms with Crippen LogP contribution in [0.15, 0.2) is 29.2 Å². The average molecular weight is 423 g/mol. The summed E-state index contributed by atoms with van der Waals surface area (Å²) in [5, 5.41) is 9.29. The van der Waals surface area contributed by atoms with Crippen molar-refractivity contribution in [1.82, 2.24) is 9.80 Å². The highest BCUT2D eigenvalue weighted by molar-refractivity contribution is 8.26. The second-order valence-corrected chi connectivity index (χ2v) is 8.65. The number of thiocarbonyl (C=S) groups is 1. The van der Waals surface area contributed by atoms with Gasteiger partial charge in [0.2, 0.25) is 5.91 Å². The van der Waals surface area contributed by atoms with E-state index in [1.165, 1.54) is 17.0 Å². The zero-order chi connectivity index (χ0) is 20.3. The molecule has 2 saturated heterocycles. The summed E-state index contributed by atoms with van der Waals surface area (Å²) in [5.41, 5.74) is 0.568. The lowest BCUT2D eigenvalue weighted by Crippen LogP contribution is -2.53. The Kier molecular flexibility index (Phi) is 6.85. The quantitative estimate of drug-likeness (QED) is 0.583. The predicted molar refractivity (Wildman–Crippen MR) is 112 cm³/mol. The second-order valence-electron chi connectivity index (χ2n) is 6.98. The van der Waals surface area contributed by atoms with Gasteiger partial charge in [0.15, 0.2) is 0 Å². The van der Waals surface area contributed by atoms with Crippen LogP contribution in [0.25, 0.3) is 6.08 Å². The van der Waals surface area contributed by atoms with Crippen molar-refractivity contribution in [2.75, 3.05) is 13.2 Å². The van der Waals surface area contributed by atoms with Gasteiger partial charge in [-0.3, -0.25) is 14.5 Å². The fraction of sp³-hybridized carbons (Fsp3) is 0.450. The average Bonchev–Trinajstić information content (AvgIpc) is 2.94. The van der Waals surface area contributed by atoms with Crippen molar-refractivity contribution < 1.29 is 19.1 Å². The minimum atomic E-state index is -0.717. The Morgan fingerprint density at radius 3 is 2.96 bits per heavy atom. The summed E-state index contributed by atoms with van der Waals surface area (Å²) in [7, 11) is 0. The Morgan fingerprint density at radius 2 is 2.25 bits per heavy atom. The number of hydrogen-bond donors (Lipinski definition) is 1. The maximum absolute atomic E-state index is 13.4. The summed E-state index contributed by atoms with van der Waals surface area (Å²) >= 11 is 6.48. The fourth-order valence-corrected chi connectivity index (χ4v) is 5.07. The van der Waals surface area contributed by atoms with E-state index in [4.69, 9.17) is 12.2 Å². The van der Waals surface area contributed by atoms with E-state index in [0.29, 0.717) is 27.8 Å². The number of carbonyl (C=O) groups excluding carboxylic acids is 2. The molecule has 2 unspecified atom stereocenters. The van der Waals surface area contributed by atoms with Crippen LogP contribution in [0, 0.1) is 5.82 Å². The Hall–Kier alpha value is -1.77. The molecule has 0 aliphatic carbocycles. The van der Waals surface area contributed by atoms with Gasteiger partial charge in [-0.25, -0.2) is 4.39 Å². The standard InChI is InChI=1S/C20H23FN2O3S2/c1-13(18(25)22-9-3-2-7-16(22)8-10-24)23-19(26)17(28-20(23)27)12-14-5-4-6-15(21)11-14/h4-6,11-13,16,24H,2-3,7-10H2,1H3/b17-12-. The third-order valence-corrected chi connectivity index (χ3v) is 6.42. The minimum absolute atomic E-state index is 0.00469. The molecular formula is C20H23FN2O3S2. The minimum Gasteiger partial charge on any atom is -0.396 e. The SMILES string of the molecule is CC(C(=O)N1CCCCC1CCO)N1C(=O)/C(=C/c2cccc(F)c2)SC1=S. The molecule has 28 heavy (non-hydrogen) atoms. The molecule has 3 rings (SSSR count). The van der Waals surface area contributed by atoms with Gasteiger partial charge < -0.3 is 10.0 Å². The fourth-order valence-electron chi connectivity index (χ4n) is 3.65. The lowest BCUT2D eigenvalue weighted by Gasteiger charge is -2.38. The first-order valence-corrected chi connectivity index (χ1v) is 10.6. The first-order valence-electron chi connectivity index (χ1n) is 9.36. The zero-order valence-corrected chi connectivity index (χ0v) is 17.3. The Bertz CT molecular complexity index is 812. The number of benzene rings is 1. The van der Waals surface area contributed by atoms with E-state index in [-0.39, 0.29) is 30.3 Å². The van der Waals surface area contributed by atoms with Crippen LogP contribution >= 0.6 is 24.0 Å². The highest BCUT2D eigenvalue weighted by atomic mass is 32.2. The molecule has 2 fully saturated rings. The van der Waals surface area contributed by atoms with Gasteiger partial charge in [-0.2, -0.15) is 0 Å². The topological polar surface area (TPSA) is 60.9 Å². The lowest BCUT2D eigenvalue weighted by atomic mass is 9.98. The number of likely N-dealkylation sites (tertiary alicyclic amines) is 1. The highest BCUT2D eigenvalue weighted by Crippen LogP contribution is 2.35. The third kappa shape index (κ3) is 4.45. The molecule has 0 saturated carbocycles. The van der Waals surface area contributed by atoms with E-state index in [1.807, 2.05) is 0 Å². The van der Waals surface area contributed by atoms with Gasteiger partial charge in [-0.05, 0) is 56.4 Å². The molecule has 2 atom stereocenters. The second kappa shape index (κ2) is 9.15. The van der Waals surface area contributed by atoms with Gasteiger partial charge in [0.05, 0.1) is 4.91 Å². The van der Waals surface area contributed by atoms with E-state index in [9.17, 15) is 19.1 Å². The summed E-state index contributed by atoms with van der Waals surface area (Å²) in [6.45, 7) is 2.34. The van der Waals surface area contributed by atoms with Crippen LogP contribution in [0.3, 0.4) is 0 Å². The van der Waals surface area contributed by atoms with Crippen molar-refractivity contribution in [3.05, 3.63) is 40.6 Å². The summed E-state index contributed by atoms with van der Waals surface area (Å²) in [6, 6.07) is 5.24. The van der Waals surface area contributed by atoms with Gasteiger partial charge in [0.1, 0.15) is 16.2 Å². The van der Waals surface area contributed by atoms with Gasteiger partial charge in [-0.15, -0.1) is 0 Å². The van der Waals surface area contributed by atoms with Crippen molar-refractivity contribution in [2.24, 2.45) is 0 Å². The molecule has 5 nitrogen and oxygen atoms in total. The molecule has 2 heterocycles. The molecule has 1 aromatic carbocycles. The van der Waals surface area contributed by atoms with E-state index >= 15 is 0 Å². The molecule has 2 amide bonds. The van der Waals surface area contributed by atoms with Crippen molar-refractivity contribution in [3.63, 3.8) is 0 Å². The molecular weight excluding hydrogens is 399 g/mol. The number of hydrogen-bond acceptors (Lipinski definition) is 5. The molecule has 0 radical (unpaired) electrons. The largest absolute Gasteiger partial charge is 0.396 e. The normalized spacial score (nSPS) is 22.8. The molecule has 0 aromatic heterocycles. The summed E-state index contributed by atoms with van der Waals surface area (Å²) in [6.07, 6.45) is 4.93. The molecule has 150 valence electrons. The summed E-state index contributed by atoms with van der Waals surface area (Å²) in [5.74, 6) is -0.870. The molecule has 1 aromatic rings. The van der Waals surface area contributed by atoms with E-state index < -0.39 is 6.04 Å². The van der Waals surface area contributed by atoms with Crippen LogP contribution in [-0.4, -0.2) is 56.3 Å². The Labute approximate surface area is 173 Å². The number of halogens is 1. The van der Waals surface area contributed by atoms with E-state index in [0.717, 1.165) is 31.0 Å². The van der Waals surface area contributed by atoms with E-state index in [1.54, 1.807) is 30.0 Å². The molecule has 8 heteroatoms. The third-order valence-electron chi connectivity index (χ3n) is 5.09. The maximum atomic E-state index is 13.4. The number of piperidine rings is 1. The summed E-state index contributed by atoms with van der Waals surface area (Å²) in [4.78, 5) is 29.5. The van der Waals surface area contributed by atoms with Crippen LogP contribution in [0.4, 0.5) is 4.39 Å². The molecule has 1 N–H and O–H groups in total. The summed E-state index contributed by atoms with van der Waals surface area (Å²) < 4.78 is 13.7. The smallest absolute Gasteiger partial charge is 0.266 e. The number of aliphatic hydroxyl groups is 1. The van der Waals surface area contributed by atoms with Crippen molar-refractivity contribution in [3.8, 4) is 0 Å². The maximum Gasteiger partial charge on any atom is 0.266 e. The lowest BCUT2D eigenvalue weighted by molar-refractivity contribution is -0.142. The number of rotatable bonds is 5. The van der Waals surface area contributed by atoms with Gasteiger partial charge in [-0.1, -0.05) is 36.1 Å². The van der Waals surface area contributed by atoms with Crippen LogP contribution < -0.4 is 0 Å². The van der Waals surface area contributed by atoms with Crippen LogP contribution in [0.5, 0.6) is 0 Å². The van der Waals surface area contributed by atoms with Gasteiger partial charge in [0.25, 0.3) is 5.91 Å². The first kappa shape index (κ1) is 21.0. The van der Waals surface area contributed by atoms with Gasteiger partial charge >= 0.3 is 0 Å². The monoisotopic (exact) mass is 422 g/mol. The number of nitrogens with zero attached hydrogens (tertiary/aromatic N) is 2. The van der Waals surface area contributed by atoms with E-state index in [2.05, 4.69) is 0 Å². The molecule has 0 bridgehead atoms. The van der Waals surface area contributed by atoms with Crippen LogP contribution in [-0.2, 0) is 9.59 Å².